The van der Waals surface area contributed by atoms with Gasteiger partial charge < -0.3 is 10.6 Å². The average Bonchev–Trinajstić information content (AvgIpc) is 2.53. The van der Waals surface area contributed by atoms with Crippen LogP contribution >= 0.6 is 12.4 Å². The summed E-state index contributed by atoms with van der Waals surface area (Å²) in [6, 6.07) is 12.9. The Kier molecular flexibility index (Phi) is 6.81. The molecule has 0 fully saturated rings. The van der Waals surface area contributed by atoms with Crippen molar-refractivity contribution >= 4 is 18.3 Å². The minimum atomic E-state index is -4.40. The third kappa shape index (κ3) is 4.97. The smallest absolute Gasteiger partial charge is 0.340 e. The van der Waals surface area contributed by atoms with Gasteiger partial charge in [-0.2, -0.15) is 13.2 Å². The van der Waals surface area contributed by atoms with Gasteiger partial charge in [0.25, 0.3) is 0 Å². The van der Waals surface area contributed by atoms with Crippen molar-refractivity contribution in [2.45, 2.75) is 18.8 Å². The van der Waals surface area contributed by atoms with Crippen LogP contribution in [0.2, 0.25) is 0 Å². The van der Waals surface area contributed by atoms with E-state index in [1.54, 1.807) is 30.3 Å². The van der Waals surface area contributed by atoms with E-state index in [1.807, 2.05) is 6.07 Å². The number of nitrogens with two attached hydrogens (primary N) is 1. The van der Waals surface area contributed by atoms with Gasteiger partial charge in [0.05, 0.1) is 5.56 Å². The van der Waals surface area contributed by atoms with Crippen molar-refractivity contribution in [2.24, 2.45) is 5.73 Å². The van der Waals surface area contributed by atoms with Gasteiger partial charge in [0, 0.05) is 13.6 Å². The molecule has 0 radical (unpaired) electrons. The van der Waals surface area contributed by atoms with E-state index in [1.165, 1.54) is 18.0 Å². The molecule has 0 saturated carbocycles. The van der Waals surface area contributed by atoms with Crippen LogP contribution in [0.25, 0.3) is 0 Å². The standard InChI is InChI=1S/C17H17F3N2O.ClH/c1-22(16(23)15(21)13-7-3-2-4-8-13)11-12-6-5-9-14(10-12)17(18,19)20;/h2-10,15H,11,21H2,1H3;1H. The highest BCUT2D eigenvalue weighted by Crippen LogP contribution is 2.29. The number of benzene rings is 2. The lowest BCUT2D eigenvalue weighted by Gasteiger charge is -2.22. The van der Waals surface area contributed by atoms with Crippen LogP contribution in [0.5, 0.6) is 0 Å². The largest absolute Gasteiger partial charge is 0.416 e. The fraction of sp³-hybridized carbons (Fsp3) is 0.235. The summed E-state index contributed by atoms with van der Waals surface area (Å²) in [5.74, 6) is -0.353. The molecule has 2 aromatic rings. The van der Waals surface area contributed by atoms with Crippen LogP contribution in [0.1, 0.15) is 22.7 Å². The lowest BCUT2D eigenvalue weighted by Crippen LogP contribution is -2.35. The number of carbonyl (C=O) groups excluding carboxylic acids is 1. The molecule has 24 heavy (non-hydrogen) atoms. The second-order valence-electron chi connectivity index (χ2n) is 5.28. The van der Waals surface area contributed by atoms with E-state index in [2.05, 4.69) is 0 Å². The Morgan fingerprint density at radius 2 is 1.75 bits per heavy atom. The first-order valence-electron chi connectivity index (χ1n) is 7.00. The molecule has 0 aliphatic heterocycles. The van der Waals surface area contributed by atoms with Crippen molar-refractivity contribution in [1.29, 1.82) is 0 Å². The Morgan fingerprint density at radius 1 is 1.12 bits per heavy atom. The highest BCUT2D eigenvalue weighted by Gasteiger charge is 2.30. The number of hydrogen-bond acceptors (Lipinski definition) is 2. The number of nitrogens with zero attached hydrogens (tertiary/aromatic N) is 1. The van der Waals surface area contributed by atoms with Gasteiger partial charge in [-0.15, -0.1) is 12.4 Å². The Bertz CT molecular complexity index is 677. The number of likely N-dealkylation sites (N-methyl/N-ethyl adjacent to an activating group) is 1. The minimum absolute atomic E-state index is 0. The summed E-state index contributed by atoms with van der Waals surface area (Å²) in [4.78, 5) is 13.6. The Hall–Kier alpha value is -2.05. The molecule has 2 aromatic carbocycles. The van der Waals surface area contributed by atoms with Gasteiger partial charge in [0.2, 0.25) is 5.91 Å². The van der Waals surface area contributed by atoms with Crippen LogP contribution in [-0.2, 0) is 17.5 Å². The fourth-order valence-corrected chi connectivity index (χ4v) is 2.24. The van der Waals surface area contributed by atoms with E-state index in [4.69, 9.17) is 5.73 Å². The highest BCUT2D eigenvalue weighted by molar-refractivity contribution is 5.85. The van der Waals surface area contributed by atoms with E-state index in [0.717, 1.165) is 12.1 Å². The molecule has 1 amide bonds. The molecule has 2 rings (SSSR count). The van der Waals surface area contributed by atoms with Crippen LogP contribution in [0.3, 0.4) is 0 Å². The van der Waals surface area contributed by atoms with Gasteiger partial charge in [-0.25, -0.2) is 0 Å². The molecule has 0 aliphatic carbocycles. The molecular weight excluding hydrogens is 341 g/mol. The molecular formula is C17H18ClF3N2O. The molecule has 0 bridgehead atoms. The zero-order chi connectivity index (χ0) is 17.0. The topological polar surface area (TPSA) is 46.3 Å². The first-order chi connectivity index (χ1) is 10.8. The van der Waals surface area contributed by atoms with Crippen LogP contribution in [-0.4, -0.2) is 17.9 Å². The summed E-state index contributed by atoms with van der Waals surface area (Å²) in [6.07, 6.45) is -4.40. The number of amides is 1. The van der Waals surface area contributed by atoms with E-state index in [0.29, 0.717) is 11.1 Å². The molecule has 0 aliphatic rings. The zero-order valence-corrected chi connectivity index (χ0v) is 13.8. The normalized spacial score (nSPS) is 12.2. The molecule has 0 spiro atoms. The predicted octanol–water partition coefficient (Wildman–Crippen LogP) is 3.79. The lowest BCUT2D eigenvalue weighted by atomic mass is 10.1. The van der Waals surface area contributed by atoms with Crippen LogP contribution in [0.4, 0.5) is 13.2 Å². The van der Waals surface area contributed by atoms with Crippen molar-refractivity contribution in [1.82, 2.24) is 4.90 Å². The lowest BCUT2D eigenvalue weighted by molar-refractivity contribution is -0.137. The van der Waals surface area contributed by atoms with Gasteiger partial charge in [0.15, 0.2) is 0 Å². The molecule has 2 N–H and O–H groups in total. The van der Waals surface area contributed by atoms with E-state index in [9.17, 15) is 18.0 Å². The fourth-order valence-electron chi connectivity index (χ4n) is 2.24. The van der Waals surface area contributed by atoms with Crippen molar-refractivity contribution < 1.29 is 18.0 Å². The second-order valence-corrected chi connectivity index (χ2v) is 5.28. The maximum atomic E-state index is 12.7. The molecule has 1 atom stereocenters. The van der Waals surface area contributed by atoms with Crippen LogP contribution in [0.15, 0.2) is 54.6 Å². The minimum Gasteiger partial charge on any atom is -0.340 e. The van der Waals surface area contributed by atoms with Gasteiger partial charge >= 0.3 is 6.18 Å². The first-order valence-corrected chi connectivity index (χ1v) is 7.00. The SMILES string of the molecule is CN(Cc1cccc(C(F)(F)F)c1)C(=O)C(N)c1ccccc1.Cl. The third-order valence-electron chi connectivity index (χ3n) is 3.48. The highest BCUT2D eigenvalue weighted by atomic mass is 35.5. The van der Waals surface area contributed by atoms with Gasteiger partial charge in [-0.1, -0.05) is 42.5 Å². The van der Waals surface area contributed by atoms with E-state index >= 15 is 0 Å². The summed E-state index contributed by atoms with van der Waals surface area (Å²) in [5.41, 5.74) is 6.25. The van der Waals surface area contributed by atoms with Gasteiger partial charge in [-0.05, 0) is 23.3 Å². The number of rotatable bonds is 4. The molecule has 1 unspecified atom stereocenters. The van der Waals surface area contributed by atoms with Gasteiger partial charge in [0.1, 0.15) is 6.04 Å². The van der Waals surface area contributed by atoms with E-state index < -0.39 is 17.8 Å². The Labute approximate surface area is 144 Å². The maximum absolute atomic E-state index is 12.7. The molecule has 130 valence electrons. The van der Waals surface area contributed by atoms with Crippen LogP contribution in [0, 0.1) is 0 Å². The Balaban J connectivity index is 0.00000288. The molecule has 0 aromatic heterocycles. The van der Waals surface area contributed by atoms with Crippen LogP contribution < -0.4 is 5.73 Å². The summed E-state index contributed by atoms with van der Waals surface area (Å²) < 4.78 is 38.1. The molecule has 0 heterocycles. The van der Waals surface area contributed by atoms with Crippen molar-refractivity contribution in [2.75, 3.05) is 7.05 Å². The average molecular weight is 359 g/mol. The Morgan fingerprint density at radius 3 is 2.33 bits per heavy atom. The first kappa shape index (κ1) is 20.0. The van der Waals surface area contributed by atoms with E-state index in [-0.39, 0.29) is 24.9 Å². The van der Waals surface area contributed by atoms with Gasteiger partial charge in [-0.3, -0.25) is 4.79 Å². The number of hydrogen-bond donors (Lipinski definition) is 1. The molecule has 7 heteroatoms. The number of alkyl halides is 3. The van der Waals surface area contributed by atoms with Crippen molar-refractivity contribution in [3.63, 3.8) is 0 Å². The summed E-state index contributed by atoms with van der Waals surface area (Å²) in [6.45, 7) is 0.0588. The molecule has 0 saturated heterocycles. The monoisotopic (exact) mass is 358 g/mol. The summed E-state index contributed by atoms with van der Waals surface area (Å²) in [5, 5.41) is 0. The summed E-state index contributed by atoms with van der Waals surface area (Å²) in [7, 11) is 1.52. The predicted molar refractivity (Wildman–Crippen MR) is 88.5 cm³/mol. The third-order valence-corrected chi connectivity index (χ3v) is 3.48. The zero-order valence-electron chi connectivity index (χ0n) is 13.0. The second kappa shape index (κ2) is 8.17. The van der Waals surface area contributed by atoms with Crippen molar-refractivity contribution in [3.8, 4) is 0 Å². The summed E-state index contributed by atoms with van der Waals surface area (Å²) >= 11 is 0. The maximum Gasteiger partial charge on any atom is 0.416 e. The number of halogens is 4. The molecule has 3 nitrogen and oxygen atoms in total. The van der Waals surface area contributed by atoms with Crippen molar-refractivity contribution in [3.05, 3.63) is 71.3 Å². The number of carbonyl (C=O) groups is 1. The quantitative estimate of drug-likeness (QED) is 0.904.